The highest BCUT2D eigenvalue weighted by Crippen LogP contribution is 2.38. The molecule has 1 aromatic heterocycles. The number of rotatable bonds is 2. The number of hydrogen-bond donors (Lipinski definition) is 0. The number of para-hydroxylation sites is 1. The molecule has 6 heteroatoms. The number of aromatic nitrogens is 2. The van der Waals surface area contributed by atoms with Gasteiger partial charge in [0, 0.05) is 38.3 Å². The number of likely N-dealkylation sites (tertiary alicyclic amines) is 1. The van der Waals surface area contributed by atoms with Crippen LogP contribution in [-0.4, -0.2) is 39.7 Å². The summed E-state index contributed by atoms with van der Waals surface area (Å²) in [6, 6.07) is 11.0. The molecular formula is C20H24N4O2. The third kappa shape index (κ3) is 2.89. The fourth-order valence-corrected chi connectivity index (χ4v) is 4.09. The molecule has 2 aromatic rings. The molecule has 2 aliphatic rings. The van der Waals surface area contributed by atoms with Gasteiger partial charge < -0.3 is 9.80 Å². The van der Waals surface area contributed by atoms with Crippen molar-refractivity contribution in [1.29, 1.82) is 0 Å². The zero-order valence-corrected chi connectivity index (χ0v) is 15.3. The van der Waals surface area contributed by atoms with Crippen molar-refractivity contribution < 1.29 is 4.79 Å². The average molecular weight is 352 g/mol. The number of benzene rings is 1. The summed E-state index contributed by atoms with van der Waals surface area (Å²) in [6.07, 6.45) is 2.91. The van der Waals surface area contributed by atoms with Gasteiger partial charge in [0.2, 0.25) is 5.91 Å². The minimum Gasteiger partial charge on any atom is -0.341 e. The summed E-state index contributed by atoms with van der Waals surface area (Å²) in [4.78, 5) is 29.1. The smallest absolute Gasteiger partial charge is 0.266 e. The third-order valence-electron chi connectivity index (χ3n) is 5.42. The van der Waals surface area contributed by atoms with E-state index >= 15 is 0 Å². The molecule has 0 bridgehead atoms. The summed E-state index contributed by atoms with van der Waals surface area (Å²) in [7, 11) is 1.64. The molecule has 2 aliphatic heterocycles. The largest absolute Gasteiger partial charge is 0.341 e. The van der Waals surface area contributed by atoms with Crippen molar-refractivity contribution in [2.24, 2.45) is 13.0 Å². The second kappa shape index (κ2) is 6.59. The van der Waals surface area contributed by atoms with Gasteiger partial charge >= 0.3 is 0 Å². The zero-order valence-electron chi connectivity index (χ0n) is 15.3. The molecule has 1 saturated heterocycles. The first kappa shape index (κ1) is 16.8. The summed E-state index contributed by atoms with van der Waals surface area (Å²) in [5, 5.41) is 4.41. The highest BCUT2D eigenvalue weighted by Gasteiger charge is 2.39. The van der Waals surface area contributed by atoms with Crippen LogP contribution in [0.2, 0.25) is 0 Å². The minimum atomic E-state index is -0.303. The molecule has 0 unspecified atom stereocenters. The molecule has 136 valence electrons. The summed E-state index contributed by atoms with van der Waals surface area (Å²) < 4.78 is 1.32. The normalized spacial score (nSPS) is 22.4. The van der Waals surface area contributed by atoms with Crippen molar-refractivity contribution in [3.8, 4) is 0 Å². The number of piperidine rings is 1. The van der Waals surface area contributed by atoms with E-state index in [0.29, 0.717) is 18.2 Å². The number of amides is 1. The molecule has 0 N–H and O–H groups in total. The second-order valence-corrected chi connectivity index (χ2v) is 7.40. The lowest BCUT2D eigenvalue weighted by atomic mass is 9.99. The Morgan fingerprint density at radius 3 is 2.77 bits per heavy atom. The van der Waals surface area contributed by atoms with Crippen LogP contribution in [0.25, 0.3) is 0 Å². The molecular weight excluding hydrogens is 328 g/mol. The van der Waals surface area contributed by atoms with Crippen LogP contribution < -0.4 is 10.5 Å². The van der Waals surface area contributed by atoms with Crippen molar-refractivity contribution in [3.63, 3.8) is 0 Å². The first-order chi connectivity index (χ1) is 12.5. The number of hydrogen-bond acceptors (Lipinski definition) is 4. The summed E-state index contributed by atoms with van der Waals surface area (Å²) in [5.74, 6) is 1.34. The lowest BCUT2D eigenvalue weighted by Gasteiger charge is -2.35. The van der Waals surface area contributed by atoms with Gasteiger partial charge in [0.25, 0.3) is 5.56 Å². The van der Waals surface area contributed by atoms with Crippen LogP contribution >= 0.6 is 0 Å². The molecule has 0 radical (unpaired) electrons. The Kier molecular flexibility index (Phi) is 4.26. The highest BCUT2D eigenvalue weighted by molar-refractivity contribution is 5.91. The van der Waals surface area contributed by atoms with Crippen molar-refractivity contribution >= 4 is 17.4 Å². The number of aryl methyl sites for hydroxylation is 1. The molecule has 1 amide bonds. The van der Waals surface area contributed by atoms with Crippen LogP contribution in [0.15, 0.2) is 41.2 Å². The predicted molar refractivity (Wildman–Crippen MR) is 101 cm³/mol. The van der Waals surface area contributed by atoms with Crippen molar-refractivity contribution in [2.45, 2.75) is 32.2 Å². The standard InChI is InChI=1S/C20H24N4O2/c1-14-6-5-11-23(13-14)20(26)17-12-15-7-3-4-8-16(15)24(17)18-9-10-19(25)22(2)21-18/h3-4,7-10,14,17H,5-6,11-13H2,1-2H3/t14-,17-/m0/s1. The third-order valence-corrected chi connectivity index (χ3v) is 5.42. The van der Waals surface area contributed by atoms with E-state index in [1.54, 1.807) is 13.1 Å². The number of fused-ring (bicyclic) bond motifs is 1. The Balaban J connectivity index is 1.72. The van der Waals surface area contributed by atoms with E-state index in [1.807, 2.05) is 28.0 Å². The molecule has 6 nitrogen and oxygen atoms in total. The first-order valence-corrected chi connectivity index (χ1v) is 9.25. The Hall–Kier alpha value is -2.63. The quantitative estimate of drug-likeness (QED) is 0.831. The highest BCUT2D eigenvalue weighted by atomic mass is 16.2. The lowest BCUT2D eigenvalue weighted by Crippen LogP contribution is -2.49. The molecule has 0 aliphatic carbocycles. The summed E-state index contributed by atoms with van der Waals surface area (Å²) in [6.45, 7) is 3.85. The SMILES string of the molecule is C[C@H]1CCCN(C(=O)[C@@H]2Cc3ccccc3N2c2ccc(=O)n(C)n2)C1. The van der Waals surface area contributed by atoms with Gasteiger partial charge in [0.05, 0.1) is 0 Å². The average Bonchev–Trinajstić information content (AvgIpc) is 3.03. The molecule has 2 atom stereocenters. The maximum absolute atomic E-state index is 13.3. The molecule has 0 spiro atoms. The van der Waals surface area contributed by atoms with E-state index in [9.17, 15) is 9.59 Å². The summed E-state index contributed by atoms with van der Waals surface area (Å²) in [5.41, 5.74) is 1.99. The topological polar surface area (TPSA) is 58.4 Å². The maximum Gasteiger partial charge on any atom is 0.266 e. The Bertz CT molecular complexity index is 891. The molecule has 3 heterocycles. The van der Waals surface area contributed by atoms with Crippen LogP contribution in [0.3, 0.4) is 0 Å². The molecule has 4 rings (SSSR count). The van der Waals surface area contributed by atoms with Crippen molar-refractivity contribution in [1.82, 2.24) is 14.7 Å². The van der Waals surface area contributed by atoms with E-state index in [-0.39, 0.29) is 17.5 Å². The van der Waals surface area contributed by atoms with Crippen molar-refractivity contribution in [3.05, 3.63) is 52.3 Å². The minimum absolute atomic E-state index is 0.156. The van der Waals surface area contributed by atoms with E-state index in [0.717, 1.165) is 30.8 Å². The lowest BCUT2D eigenvalue weighted by molar-refractivity contribution is -0.134. The van der Waals surface area contributed by atoms with Gasteiger partial charge in [-0.05, 0) is 36.5 Å². The fraction of sp³-hybridized carbons (Fsp3) is 0.450. The van der Waals surface area contributed by atoms with Crippen LogP contribution in [0.4, 0.5) is 11.5 Å². The molecule has 26 heavy (non-hydrogen) atoms. The first-order valence-electron chi connectivity index (χ1n) is 9.25. The van der Waals surface area contributed by atoms with Gasteiger partial charge in [-0.25, -0.2) is 4.68 Å². The Morgan fingerprint density at radius 2 is 2.00 bits per heavy atom. The van der Waals surface area contributed by atoms with Crippen molar-refractivity contribution in [2.75, 3.05) is 18.0 Å². The number of nitrogens with zero attached hydrogens (tertiary/aromatic N) is 4. The number of carbonyl (C=O) groups excluding carboxylic acids is 1. The van der Waals surface area contributed by atoms with E-state index in [1.165, 1.54) is 17.2 Å². The van der Waals surface area contributed by atoms with Crippen LogP contribution in [0.1, 0.15) is 25.3 Å². The van der Waals surface area contributed by atoms with Gasteiger partial charge in [-0.1, -0.05) is 25.1 Å². The Labute approximate surface area is 153 Å². The second-order valence-electron chi connectivity index (χ2n) is 7.40. The van der Waals surface area contributed by atoms with Gasteiger partial charge in [0.15, 0.2) is 5.82 Å². The zero-order chi connectivity index (χ0) is 18.3. The number of anilines is 2. The van der Waals surface area contributed by atoms with Gasteiger partial charge in [0.1, 0.15) is 6.04 Å². The molecule has 0 saturated carbocycles. The Morgan fingerprint density at radius 1 is 1.19 bits per heavy atom. The van der Waals surface area contributed by atoms with Gasteiger partial charge in [-0.2, -0.15) is 5.10 Å². The maximum atomic E-state index is 13.3. The summed E-state index contributed by atoms with van der Waals surface area (Å²) >= 11 is 0. The predicted octanol–water partition coefficient (Wildman–Crippen LogP) is 2.10. The fourth-order valence-electron chi connectivity index (χ4n) is 4.09. The van der Waals surface area contributed by atoms with E-state index in [2.05, 4.69) is 18.1 Å². The van der Waals surface area contributed by atoms with E-state index < -0.39 is 0 Å². The monoisotopic (exact) mass is 352 g/mol. The van der Waals surface area contributed by atoms with Crippen LogP contribution in [0.5, 0.6) is 0 Å². The van der Waals surface area contributed by atoms with Crippen LogP contribution in [-0.2, 0) is 18.3 Å². The van der Waals surface area contributed by atoms with Crippen LogP contribution in [0, 0.1) is 5.92 Å². The van der Waals surface area contributed by atoms with Gasteiger partial charge in [-0.15, -0.1) is 0 Å². The van der Waals surface area contributed by atoms with Gasteiger partial charge in [-0.3, -0.25) is 9.59 Å². The molecule has 1 aromatic carbocycles. The van der Waals surface area contributed by atoms with E-state index in [4.69, 9.17) is 0 Å². The number of carbonyl (C=O) groups is 1. The molecule has 1 fully saturated rings.